The largest absolute Gasteiger partial charge is 0.397 e. The summed E-state index contributed by atoms with van der Waals surface area (Å²) in [5.74, 6) is -1.20. The smallest absolute Gasteiger partial charge is 0.339 e. The first kappa shape index (κ1) is 18.3. The molecule has 1 aromatic rings. The molecular weight excluding hydrogens is 323 g/mol. The van der Waals surface area contributed by atoms with Gasteiger partial charge in [-0.1, -0.05) is 30.3 Å². The molecule has 0 radical (unpaired) electrons. The fourth-order valence-electron chi connectivity index (χ4n) is 2.65. The Bertz CT molecular complexity index is 570. The number of nitrogens with zero attached hydrogens (tertiary/aromatic N) is 2. The van der Waals surface area contributed by atoms with E-state index in [2.05, 4.69) is 0 Å². The SMILES string of the molecule is N[C@@H](Cc1ccccc1)C(=O)N1CCN(C(=O)CC(F)(F)F)CC1. The van der Waals surface area contributed by atoms with E-state index < -0.39 is 24.5 Å². The van der Waals surface area contributed by atoms with Crippen LogP contribution in [-0.2, 0) is 16.0 Å². The number of amides is 2. The number of nitrogens with two attached hydrogens (primary N) is 1. The molecule has 1 aromatic carbocycles. The molecule has 2 amide bonds. The normalized spacial score (nSPS) is 16.8. The Morgan fingerprint density at radius 1 is 1.04 bits per heavy atom. The van der Waals surface area contributed by atoms with Crippen LogP contribution in [0.15, 0.2) is 30.3 Å². The van der Waals surface area contributed by atoms with E-state index in [-0.39, 0.29) is 32.1 Å². The number of hydrogen-bond donors (Lipinski definition) is 1. The van der Waals surface area contributed by atoms with Crippen LogP contribution in [0.3, 0.4) is 0 Å². The van der Waals surface area contributed by atoms with Crippen molar-refractivity contribution < 1.29 is 22.8 Å². The van der Waals surface area contributed by atoms with Gasteiger partial charge in [0.2, 0.25) is 11.8 Å². The van der Waals surface area contributed by atoms with Crippen molar-refractivity contribution in [3.8, 4) is 0 Å². The van der Waals surface area contributed by atoms with Crippen molar-refractivity contribution in [3.05, 3.63) is 35.9 Å². The molecule has 1 saturated heterocycles. The predicted octanol–water partition coefficient (Wildman–Crippen LogP) is 1.18. The third-order valence-electron chi connectivity index (χ3n) is 3.91. The van der Waals surface area contributed by atoms with Gasteiger partial charge in [-0.3, -0.25) is 9.59 Å². The molecule has 1 atom stereocenters. The van der Waals surface area contributed by atoms with Gasteiger partial charge < -0.3 is 15.5 Å². The molecule has 1 aliphatic rings. The maximum absolute atomic E-state index is 12.3. The lowest BCUT2D eigenvalue weighted by molar-refractivity contribution is -0.163. The monoisotopic (exact) mass is 343 g/mol. The number of alkyl halides is 3. The highest BCUT2D eigenvalue weighted by molar-refractivity contribution is 5.82. The summed E-state index contributed by atoms with van der Waals surface area (Å²) in [7, 11) is 0. The number of carbonyl (C=O) groups excluding carboxylic acids is 2. The lowest BCUT2D eigenvalue weighted by Crippen LogP contribution is -2.55. The van der Waals surface area contributed by atoms with Crippen molar-refractivity contribution in [1.29, 1.82) is 0 Å². The Labute approximate surface area is 138 Å². The van der Waals surface area contributed by atoms with Gasteiger partial charge in [-0.05, 0) is 12.0 Å². The molecule has 8 heteroatoms. The fraction of sp³-hybridized carbons (Fsp3) is 0.500. The lowest BCUT2D eigenvalue weighted by atomic mass is 10.1. The Morgan fingerprint density at radius 3 is 2.12 bits per heavy atom. The van der Waals surface area contributed by atoms with E-state index in [9.17, 15) is 22.8 Å². The molecule has 5 nitrogen and oxygen atoms in total. The van der Waals surface area contributed by atoms with Gasteiger partial charge in [-0.15, -0.1) is 0 Å². The molecule has 132 valence electrons. The summed E-state index contributed by atoms with van der Waals surface area (Å²) in [4.78, 5) is 26.5. The molecule has 1 heterocycles. The summed E-state index contributed by atoms with van der Waals surface area (Å²) in [6.07, 6.45) is -5.58. The Hall–Kier alpha value is -2.09. The fourth-order valence-corrected chi connectivity index (χ4v) is 2.65. The minimum absolute atomic E-state index is 0.0959. The van der Waals surface area contributed by atoms with Crippen molar-refractivity contribution in [2.45, 2.75) is 25.1 Å². The predicted molar refractivity (Wildman–Crippen MR) is 82.0 cm³/mol. The molecule has 2 N–H and O–H groups in total. The maximum Gasteiger partial charge on any atom is 0.397 e. The zero-order chi connectivity index (χ0) is 17.7. The van der Waals surface area contributed by atoms with Crippen molar-refractivity contribution in [2.24, 2.45) is 5.73 Å². The summed E-state index contributed by atoms with van der Waals surface area (Å²) in [5.41, 5.74) is 6.88. The van der Waals surface area contributed by atoms with Crippen LogP contribution in [-0.4, -0.2) is 60.0 Å². The summed E-state index contributed by atoms with van der Waals surface area (Å²) >= 11 is 0. The van der Waals surface area contributed by atoms with E-state index in [1.165, 1.54) is 4.90 Å². The Kier molecular flexibility index (Phi) is 5.82. The second-order valence-electron chi connectivity index (χ2n) is 5.79. The van der Waals surface area contributed by atoms with Gasteiger partial charge in [0.05, 0.1) is 6.04 Å². The minimum Gasteiger partial charge on any atom is -0.339 e. The molecule has 0 aliphatic carbocycles. The first-order valence-corrected chi connectivity index (χ1v) is 7.69. The molecule has 0 spiro atoms. The van der Waals surface area contributed by atoms with E-state index in [1.54, 1.807) is 0 Å². The number of halogens is 3. The van der Waals surface area contributed by atoms with Gasteiger partial charge in [-0.2, -0.15) is 13.2 Å². The van der Waals surface area contributed by atoms with Gasteiger partial charge >= 0.3 is 6.18 Å². The summed E-state index contributed by atoms with van der Waals surface area (Å²) < 4.78 is 36.8. The topological polar surface area (TPSA) is 66.6 Å². The van der Waals surface area contributed by atoms with E-state index in [0.717, 1.165) is 10.5 Å². The van der Waals surface area contributed by atoms with Gasteiger partial charge in [0.25, 0.3) is 0 Å². The van der Waals surface area contributed by atoms with Crippen molar-refractivity contribution >= 4 is 11.8 Å². The molecule has 0 bridgehead atoms. The molecule has 1 aliphatic heterocycles. The summed E-state index contributed by atoms with van der Waals surface area (Å²) in [6, 6.07) is 8.63. The van der Waals surface area contributed by atoms with Crippen LogP contribution in [0, 0.1) is 0 Å². The first-order valence-electron chi connectivity index (χ1n) is 7.69. The summed E-state index contributed by atoms with van der Waals surface area (Å²) in [6.45, 7) is 0.591. The second kappa shape index (κ2) is 7.65. The average molecular weight is 343 g/mol. The maximum atomic E-state index is 12.3. The summed E-state index contributed by atoms with van der Waals surface area (Å²) in [5, 5.41) is 0. The van der Waals surface area contributed by atoms with E-state index >= 15 is 0 Å². The van der Waals surface area contributed by atoms with Crippen molar-refractivity contribution in [3.63, 3.8) is 0 Å². The van der Waals surface area contributed by atoms with E-state index in [0.29, 0.717) is 6.42 Å². The standard InChI is InChI=1S/C16H20F3N3O2/c17-16(18,19)11-14(23)21-6-8-22(9-7-21)15(24)13(20)10-12-4-2-1-3-5-12/h1-5,13H,6-11,20H2/t13-/m0/s1. The number of carbonyl (C=O) groups is 2. The average Bonchev–Trinajstić information content (AvgIpc) is 2.53. The molecule has 0 aromatic heterocycles. The molecule has 0 saturated carbocycles. The van der Waals surface area contributed by atoms with Crippen molar-refractivity contribution in [1.82, 2.24) is 9.80 Å². The van der Waals surface area contributed by atoms with Crippen molar-refractivity contribution in [2.75, 3.05) is 26.2 Å². The molecule has 1 fully saturated rings. The molecule has 2 rings (SSSR count). The minimum atomic E-state index is -4.51. The number of benzene rings is 1. The highest BCUT2D eigenvalue weighted by Crippen LogP contribution is 2.21. The Morgan fingerprint density at radius 2 is 1.58 bits per heavy atom. The van der Waals surface area contributed by atoms with Gasteiger partial charge in [0.1, 0.15) is 6.42 Å². The lowest BCUT2D eigenvalue weighted by Gasteiger charge is -2.36. The van der Waals surface area contributed by atoms with Gasteiger partial charge in [0, 0.05) is 26.2 Å². The number of rotatable bonds is 4. The third kappa shape index (κ3) is 5.23. The van der Waals surface area contributed by atoms with Gasteiger partial charge in [0.15, 0.2) is 0 Å². The second-order valence-corrected chi connectivity index (χ2v) is 5.79. The number of piperazine rings is 1. The molecular formula is C16H20F3N3O2. The van der Waals surface area contributed by atoms with E-state index in [1.807, 2.05) is 30.3 Å². The first-order chi connectivity index (χ1) is 11.3. The Balaban J connectivity index is 1.83. The molecule has 0 unspecified atom stereocenters. The highest BCUT2D eigenvalue weighted by Gasteiger charge is 2.35. The zero-order valence-corrected chi connectivity index (χ0v) is 13.1. The zero-order valence-electron chi connectivity index (χ0n) is 13.1. The third-order valence-corrected chi connectivity index (χ3v) is 3.91. The van der Waals surface area contributed by atoms with E-state index in [4.69, 9.17) is 5.73 Å². The van der Waals surface area contributed by atoms with Crippen LogP contribution < -0.4 is 5.73 Å². The quantitative estimate of drug-likeness (QED) is 0.893. The van der Waals surface area contributed by atoms with Crippen LogP contribution in [0.25, 0.3) is 0 Å². The van der Waals surface area contributed by atoms with Crippen LogP contribution in [0.4, 0.5) is 13.2 Å². The van der Waals surface area contributed by atoms with Gasteiger partial charge in [-0.25, -0.2) is 0 Å². The highest BCUT2D eigenvalue weighted by atomic mass is 19.4. The van der Waals surface area contributed by atoms with Crippen LogP contribution in [0.2, 0.25) is 0 Å². The van der Waals surface area contributed by atoms with Crippen LogP contribution >= 0.6 is 0 Å². The van der Waals surface area contributed by atoms with Crippen LogP contribution in [0.1, 0.15) is 12.0 Å². The number of hydrogen-bond acceptors (Lipinski definition) is 3. The van der Waals surface area contributed by atoms with Crippen LogP contribution in [0.5, 0.6) is 0 Å². The molecule has 24 heavy (non-hydrogen) atoms.